The Bertz CT molecular complexity index is 575. The molecule has 1 heterocycles. The maximum absolute atomic E-state index is 4.67. The molecule has 1 N–H and O–H groups in total. The van der Waals surface area contributed by atoms with Crippen LogP contribution in [0, 0.1) is 11.8 Å². The van der Waals surface area contributed by atoms with Crippen molar-refractivity contribution in [2.75, 3.05) is 7.05 Å². The van der Waals surface area contributed by atoms with E-state index in [-0.39, 0.29) is 0 Å². The van der Waals surface area contributed by atoms with Gasteiger partial charge in [-0.3, -0.25) is 4.68 Å². The highest BCUT2D eigenvalue weighted by Gasteiger charge is 2.34. The molecule has 1 aromatic carbocycles. The van der Waals surface area contributed by atoms with Crippen LogP contribution < -0.4 is 5.32 Å². The fourth-order valence-corrected chi connectivity index (χ4v) is 3.85. The van der Waals surface area contributed by atoms with E-state index in [0.29, 0.717) is 18.0 Å². The molecule has 0 radical (unpaired) electrons. The summed E-state index contributed by atoms with van der Waals surface area (Å²) in [4.78, 5) is 0. The average molecular weight is 283 g/mol. The zero-order valence-electron chi connectivity index (χ0n) is 13.2. The zero-order chi connectivity index (χ0) is 14.8. The summed E-state index contributed by atoms with van der Waals surface area (Å²) in [6.45, 7) is 4.71. The lowest BCUT2D eigenvalue weighted by Crippen LogP contribution is -2.44. The van der Waals surface area contributed by atoms with Crippen molar-refractivity contribution in [3.05, 3.63) is 42.7 Å². The van der Waals surface area contributed by atoms with Crippen molar-refractivity contribution < 1.29 is 0 Å². The van der Waals surface area contributed by atoms with Gasteiger partial charge >= 0.3 is 0 Å². The summed E-state index contributed by atoms with van der Waals surface area (Å²) < 4.78 is 2.18. The van der Waals surface area contributed by atoms with Crippen molar-refractivity contribution in [1.29, 1.82) is 0 Å². The summed E-state index contributed by atoms with van der Waals surface area (Å²) in [5.41, 5.74) is 2.44. The standard InChI is InChI=1S/C18H25N3/c1-13-9-14(2)18(17(10-13)19-3)21-12-16(11-20-21)15-7-5-4-6-8-15/h4-8,11-14,17-19H,9-10H2,1-3H3. The Balaban J connectivity index is 1.88. The molecule has 1 aliphatic carbocycles. The molecule has 4 atom stereocenters. The number of aromatic nitrogens is 2. The Morgan fingerprint density at radius 1 is 1.10 bits per heavy atom. The number of rotatable bonds is 3. The molecule has 21 heavy (non-hydrogen) atoms. The molecule has 0 saturated heterocycles. The number of nitrogens with zero attached hydrogens (tertiary/aromatic N) is 2. The Hall–Kier alpha value is -1.61. The Kier molecular flexibility index (Phi) is 4.11. The molecule has 3 rings (SSSR count). The van der Waals surface area contributed by atoms with E-state index >= 15 is 0 Å². The second-order valence-corrected chi connectivity index (χ2v) is 6.51. The minimum absolute atomic E-state index is 0.448. The van der Waals surface area contributed by atoms with Gasteiger partial charge in [0.2, 0.25) is 0 Å². The van der Waals surface area contributed by atoms with E-state index in [1.165, 1.54) is 24.0 Å². The third kappa shape index (κ3) is 2.88. The molecule has 1 aromatic heterocycles. The van der Waals surface area contributed by atoms with Crippen LogP contribution in [0.4, 0.5) is 0 Å². The SMILES string of the molecule is CNC1CC(C)CC(C)C1n1cc(-c2ccccc2)cn1. The van der Waals surface area contributed by atoms with Gasteiger partial charge in [-0.25, -0.2) is 0 Å². The quantitative estimate of drug-likeness (QED) is 0.930. The summed E-state index contributed by atoms with van der Waals surface area (Å²) in [7, 11) is 2.07. The lowest BCUT2D eigenvalue weighted by molar-refractivity contribution is 0.148. The largest absolute Gasteiger partial charge is 0.315 e. The molecular formula is C18H25N3. The number of nitrogens with one attached hydrogen (secondary N) is 1. The Labute approximate surface area is 127 Å². The molecule has 0 bridgehead atoms. The van der Waals surface area contributed by atoms with Gasteiger partial charge < -0.3 is 5.32 Å². The first kappa shape index (κ1) is 14.3. The highest BCUT2D eigenvalue weighted by Crippen LogP contribution is 2.37. The molecule has 3 nitrogen and oxygen atoms in total. The highest BCUT2D eigenvalue weighted by molar-refractivity contribution is 5.61. The third-order valence-corrected chi connectivity index (χ3v) is 4.81. The van der Waals surface area contributed by atoms with E-state index in [9.17, 15) is 0 Å². The first-order chi connectivity index (χ1) is 10.2. The molecule has 0 amide bonds. The van der Waals surface area contributed by atoms with Crippen LogP contribution in [0.15, 0.2) is 42.7 Å². The van der Waals surface area contributed by atoms with E-state index in [1.54, 1.807) is 0 Å². The van der Waals surface area contributed by atoms with Crippen LogP contribution >= 0.6 is 0 Å². The minimum Gasteiger partial charge on any atom is -0.315 e. The van der Waals surface area contributed by atoms with Gasteiger partial charge in [0, 0.05) is 17.8 Å². The zero-order valence-corrected chi connectivity index (χ0v) is 13.2. The molecule has 1 aliphatic rings. The normalized spacial score (nSPS) is 29.5. The highest BCUT2D eigenvalue weighted by atomic mass is 15.3. The second-order valence-electron chi connectivity index (χ2n) is 6.51. The summed E-state index contributed by atoms with van der Waals surface area (Å²) in [6, 6.07) is 11.4. The smallest absolute Gasteiger partial charge is 0.0697 e. The van der Waals surface area contributed by atoms with Gasteiger partial charge in [0.25, 0.3) is 0 Å². The van der Waals surface area contributed by atoms with Crippen molar-refractivity contribution in [2.45, 2.75) is 38.8 Å². The fraction of sp³-hybridized carbons (Fsp3) is 0.500. The third-order valence-electron chi connectivity index (χ3n) is 4.81. The number of likely N-dealkylation sites (N-methyl/N-ethyl adjacent to an activating group) is 1. The van der Waals surface area contributed by atoms with Crippen molar-refractivity contribution in [1.82, 2.24) is 15.1 Å². The van der Waals surface area contributed by atoms with E-state index < -0.39 is 0 Å². The number of hydrogen-bond donors (Lipinski definition) is 1. The maximum Gasteiger partial charge on any atom is 0.0697 e. The molecule has 112 valence electrons. The molecule has 0 aliphatic heterocycles. The van der Waals surface area contributed by atoms with Crippen LogP contribution in [-0.4, -0.2) is 22.9 Å². The number of hydrogen-bond acceptors (Lipinski definition) is 2. The van der Waals surface area contributed by atoms with Gasteiger partial charge in [-0.1, -0.05) is 44.2 Å². The van der Waals surface area contributed by atoms with Crippen molar-refractivity contribution in [3.63, 3.8) is 0 Å². The van der Waals surface area contributed by atoms with E-state index in [1.807, 2.05) is 6.20 Å². The fourth-order valence-electron chi connectivity index (χ4n) is 3.85. The van der Waals surface area contributed by atoms with Crippen LogP contribution in [0.1, 0.15) is 32.7 Å². The molecular weight excluding hydrogens is 258 g/mol. The molecule has 1 saturated carbocycles. The van der Waals surface area contributed by atoms with Crippen LogP contribution in [-0.2, 0) is 0 Å². The van der Waals surface area contributed by atoms with Crippen molar-refractivity contribution in [2.24, 2.45) is 11.8 Å². The first-order valence-electron chi connectivity index (χ1n) is 7.96. The van der Waals surface area contributed by atoms with Crippen LogP contribution in [0.2, 0.25) is 0 Å². The second kappa shape index (κ2) is 6.02. The van der Waals surface area contributed by atoms with Gasteiger partial charge in [0.15, 0.2) is 0 Å². The predicted octanol–water partition coefficient (Wildman–Crippen LogP) is 3.75. The molecule has 0 spiro atoms. The van der Waals surface area contributed by atoms with Crippen LogP contribution in [0.25, 0.3) is 11.1 Å². The van der Waals surface area contributed by atoms with E-state index in [4.69, 9.17) is 0 Å². The summed E-state index contributed by atoms with van der Waals surface area (Å²) in [6.07, 6.45) is 6.71. The van der Waals surface area contributed by atoms with Gasteiger partial charge in [0.05, 0.1) is 12.2 Å². The molecule has 1 fully saturated rings. The van der Waals surface area contributed by atoms with Crippen LogP contribution in [0.5, 0.6) is 0 Å². The first-order valence-corrected chi connectivity index (χ1v) is 7.96. The van der Waals surface area contributed by atoms with E-state index in [0.717, 1.165) is 5.92 Å². The number of benzene rings is 1. The topological polar surface area (TPSA) is 29.9 Å². The van der Waals surface area contributed by atoms with E-state index in [2.05, 4.69) is 72.5 Å². The van der Waals surface area contributed by atoms with Gasteiger partial charge in [0.1, 0.15) is 0 Å². The van der Waals surface area contributed by atoms with Gasteiger partial charge in [-0.15, -0.1) is 0 Å². The minimum atomic E-state index is 0.448. The van der Waals surface area contributed by atoms with Gasteiger partial charge in [-0.05, 0) is 37.3 Å². The lowest BCUT2D eigenvalue weighted by Gasteiger charge is -2.39. The van der Waals surface area contributed by atoms with Crippen molar-refractivity contribution >= 4 is 0 Å². The molecule has 3 heteroatoms. The summed E-state index contributed by atoms with van der Waals surface area (Å²) in [5.74, 6) is 1.44. The van der Waals surface area contributed by atoms with Crippen LogP contribution in [0.3, 0.4) is 0 Å². The molecule has 4 unspecified atom stereocenters. The van der Waals surface area contributed by atoms with Gasteiger partial charge in [-0.2, -0.15) is 5.10 Å². The maximum atomic E-state index is 4.67. The Morgan fingerprint density at radius 2 is 1.86 bits per heavy atom. The summed E-state index contributed by atoms with van der Waals surface area (Å²) >= 11 is 0. The predicted molar refractivity (Wildman–Crippen MR) is 87.1 cm³/mol. The average Bonchev–Trinajstić information content (AvgIpc) is 2.96. The molecule has 2 aromatic rings. The lowest BCUT2D eigenvalue weighted by atomic mass is 9.76. The monoisotopic (exact) mass is 283 g/mol. The van der Waals surface area contributed by atoms with Crippen molar-refractivity contribution in [3.8, 4) is 11.1 Å². The Morgan fingerprint density at radius 3 is 2.57 bits per heavy atom. The summed E-state index contributed by atoms with van der Waals surface area (Å²) in [5, 5.41) is 8.17.